The Morgan fingerprint density at radius 3 is 2.27 bits per heavy atom. The first-order valence-corrected chi connectivity index (χ1v) is 14.1. The molecule has 8 nitrogen and oxygen atoms in total. The lowest BCUT2D eigenvalue weighted by Gasteiger charge is -2.35. The van der Waals surface area contributed by atoms with Crippen LogP contribution in [0, 0.1) is 0 Å². The van der Waals surface area contributed by atoms with Crippen molar-refractivity contribution in [3.05, 3.63) is 47.1 Å². The number of carbonyl (C=O) groups is 1. The highest BCUT2D eigenvalue weighted by atomic mass is 16.6. The van der Waals surface area contributed by atoms with Gasteiger partial charge in [0.15, 0.2) is 0 Å². The summed E-state index contributed by atoms with van der Waals surface area (Å²) in [6.45, 7) is 7.51. The monoisotopic (exact) mass is 510 g/mol. The maximum atomic E-state index is 13.2. The lowest BCUT2D eigenvalue weighted by molar-refractivity contribution is 0.0503. The smallest absolute Gasteiger partial charge is 0.407 e. The number of benzene rings is 1. The third-order valence-electron chi connectivity index (χ3n) is 8.04. The van der Waals surface area contributed by atoms with Gasteiger partial charge in [-0.2, -0.15) is 0 Å². The lowest BCUT2D eigenvalue weighted by atomic mass is 9.90. The number of imidazole rings is 1. The molecule has 1 saturated heterocycles. The van der Waals surface area contributed by atoms with Gasteiger partial charge in [0.2, 0.25) is 0 Å². The highest BCUT2D eigenvalue weighted by molar-refractivity contribution is 5.68. The standard InChI is InChI=1S/C29H42N4O4/c1-29(2,3)37-27(34)30-21-16-17-31(20-21)22-8-10-23(11-9-22)32-18-19-33(28(32)35)24-12-14-26(15-13-24)36-25-6-4-5-7-25/h12-15,18-19,21-23,25H,4-11,16-17,20H2,1-3H3,(H,30,34). The number of likely N-dealkylation sites (tertiary alicyclic amines) is 1. The summed E-state index contributed by atoms with van der Waals surface area (Å²) in [6, 6.07) is 8.77. The molecule has 1 unspecified atom stereocenters. The first-order valence-electron chi connectivity index (χ1n) is 14.1. The van der Waals surface area contributed by atoms with Gasteiger partial charge < -0.3 is 14.8 Å². The SMILES string of the molecule is CC(C)(C)OC(=O)NC1CCN(C2CCC(n3ccn(-c4ccc(OC5CCCC5)cc4)c3=O)CC2)C1. The van der Waals surface area contributed by atoms with Crippen LogP contribution in [0.2, 0.25) is 0 Å². The fraction of sp³-hybridized carbons (Fsp3) is 0.655. The van der Waals surface area contributed by atoms with Crippen LogP contribution in [0.15, 0.2) is 41.5 Å². The minimum absolute atomic E-state index is 0.0238. The van der Waals surface area contributed by atoms with E-state index in [1.165, 1.54) is 12.8 Å². The molecule has 1 N–H and O–H groups in total. The van der Waals surface area contributed by atoms with E-state index in [1.54, 1.807) is 4.57 Å². The molecule has 1 aromatic carbocycles. The van der Waals surface area contributed by atoms with Gasteiger partial charge in [-0.3, -0.25) is 14.0 Å². The summed E-state index contributed by atoms with van der Waals surface area (Å²) in [5.74, 6) is 0.881. The summed E-state index contributed by atoms with van der Waals surface area (Å²) >= 11 is 0. The first-order chi connectivity index (χ1) is 17.7. The van der Waals surface area contributed by atoms with Crippen molar-refractivity contribution in [1.82, 2.24) is 19.4 Å². The Hall–Kier alpha value is -2.74. The molecule has 1 aromatic heterocycles. The molecule has 2 saturated carbocycles. The summed E-state index contributed by atoms with van der Waals surface area (Å²) in [6.07, 6.45) is 13.6. The molecule has 3 fully saturated rings. The van der Waals surface area contributed by atoms with Gasteiger partial charge in [0.1, 0.15) is 11.4 Å². The van der Waals surface area contributed by atoms with Gasteiger partial charge >= 0.3 is 11.8 Å². The topological polar surface area (TPSA) is 77.7 Å². The summed E-state index contributed by atoms with van der Waals surface area (Å²) in [7, 11) is 0. The number of nitrogens with one attached hydrogen (secondary N) is 1. The van der Waals surface area contributed by atoms with Crippen LogP contribution in [0.5, 0.6) is 5.75 Å². The molecular formula is C29H42N4O4. The minimum Gasteiger partial charge on any atom is -0.490 e. The predicted octanol–water partition coefficient (Wildman–Crippen LogP) is 5.04. The number of rotatable bonds is 6. The van der Waals surface area contributed by atoms with Crippen molar-refractivity contribution in [1.29, 1.82) is 0 Å². The Balaban J connectivity index is 1.12. The Kier molecular flexibility index (Phi) is 7.65. The second-order valence-corrected chi connectivity index (χ2v) is 12.0. The van der Waals surface area contributed by atoms with Crippen molar-refractivity contribution < 1.29 is 14.3 Å². The first kappa shape index (κ1) is 25.9. The fourth-order valence-electron chi connectivity index (χ4n) is 6.16. The van der Waals surface area contributed by atoms with E-state index >= 15 is 0 Å². The van der Waals surface area contributed by atoms with Crippen LogP contribution in [0.3, 0.4) is 0 Å². The fourth-order valence-corrected chi connectivity index (χ4v) is 6.16. The Bertz CT molecular complexity index is 1100. The molecular weight excluding hydrogens is 468 g/mol. The van der Waals surface area contributed by atoms with Gasteiger partial charge in [-0.05, 0) is 103 Å². The molecule has 0 bridgehead atoms. The third-order valence-corrected chi connectivity index (χ3v) is 8.04. The molecule has 3 aliphatic rings. The number of amides is 1. The van der Waals surface area contributed by atoms with Crippen LogP contribution in [-0.4, -0.2) is 57.0 Å². The average Bonchev–Trinajstić information content (AvgIpc) is 3.61. The number of aromatic nitrogens is 2. The van der Waals surface area contributed by atoms with E-state index in [4.69, 9.17) is 9.47 Å². The molecule has 8 heteroatoms. The van der Waals surface area contributed by atoms with Crippen molar-refractivity contribution in [3.63, 3.8) is 0 Å². The summed E-state index contributed by atoms with van der Waals surface area (Å²) in [5, 5.41) is 3.03. The molecule has 1 atom stereocenters. The lowest BCUT2D eigenvalue weighted by Crippen LogP contribution is -2.43. The van der Waals surface area contributed by atoms with E-state index in [9.17, 15) is 9.59 Å². The van der Waals surface area contributed by atoms with Crippen LogP contribution in [0.25, 0.3) is 5.69 Å². The van der Waals surface area contributed by atoms with Crippen molar-refractivity contribution in [3.8, 4) is 11.4 Å². The molecule has 2 heterocycles. The van der Waals surface area contributed by atoms with Crippen LogP contribution < -0.4 is 15.7 Å². The number of ether oxygens (including phenoxy) is 2. The Morgan fingerprint density at radius 1 is 0.919 bits per heavy atom. The minimum atomic E-state index is -0.481. The maximum absolute atomic E-state index is 13.2. The summed E-state index contributed by atoms with van der Waals surface area (Å²) < 4.78 is 15.1. The Labute approximate surface area is 219 Å². The molecule has 0 radical (unpaired) electrons. The third kappa shape index (κ3) is 6.40. The van der Waals surface area contributed by atoms with E-state index in [0.717, 1.165) is 69.5 Å². The number of hydrogen-bond donors (Lipinski definition) is 1. The molecule has 1 amide bonds. The van der Waals surface area contributed by atoms with Gasteiger partial charge in [-0.1, -0.05) is 0 Å². The van der Waals surface area contributed by atoms with Crippen LogP contribution >= 0.6 is 0 Å². The van der Waals surface area contributed by atoms with Gasteiger partial charge in [0.05, 0.1) is 11.8 Å². The second-order valence-electron chi connectivity index (χ2n) is 12.0. The van der Waals surface area contributed by atoms with E-state index in [2.05, 4.69) is 10.2 Å². The molecule has 0 spiro atoms. The number of alkyl carbamates (subject to hydrolysis) is 1. The molecule has 5 rings (SSSR count). The molecule has 1 aliphatic heterocycles. The van der Waals surface area contributed by atoms with Gasteiger partial charge in [0, 0.05) is 43.6 Å². The van der Waals surface area contributed by atoms with Crippen molar-refractivity contribution in [2.24, 2.45) is 0 Å². The van der Waals surface area contributed by atoms with Crippen molar-refractivity contribution in [2.45, 2.75) is 108 Å². The highest BCUT2D eigenvalue weighted by Gasteiger charge is 2.33. The summed E-state index contributed by atoms with van der Waals surface area (Å²) in [5.41, 5.74) is 0.414. The largest absolute Gasteiger partial charge is 0.490 e. The zero-order valence-electron chi connectivity index (χ0n) is 22.5. The average molecular weight is 511 g/mol. The van der Waals surface area contributed by atoms with Crippen LogP contribution in [-0.2, 0) is 4.74 Å². The van der Waals surface area contributed by atoms with Gasteiger partial charge in [-0.25, -0.2) is 9.59 Å². The van der Waals surface area contributed by atoms with Crippen molar-refractivity contribution >= 4 is 6.09 Å². The van der Waals surface area contributed by atoms with E-state index in [1.807, 2.05) is 62.0 Å². The molecule has 2 aromatic rings. The van der Waals surface area contributed by atoms with Gasteiger partial charge in [-0.15, -0.1) is 0 Å². The predicted molar refractivity (Wildman–Crippen MR) is 144 cm³/mol. The van der Waals surface area contributed by atoms with Gasteiger partial charge in [0.25, 0.3) is 0 Å². The zero-order valence-corrected chi connectivity index (χ0v) is 22.5. The number of hydrogen-bond acceptors (Lipinski definition) is 5. The van der Waals surface area contributed by atoms with E-state index in [-0.39, 0.29) is 23.9 Å². The number of carbonyl (C=O) groups excluding carboxylic acids is 1. The van der Waals surface area contributed by atoms with E-state index in [0.29, 0.717) is 12.1 Å². The van der Waals surface area contributed by atoms with Crippen LogP contribution in [0.1, 0.15) is 84.6 Å². The van der Waals surface area contributed by atoms with E-state index < -0.39 is 5.60 Å². The summed E-state index contributed by atoms with van der Waals surface area (Å²) in [4.78, 5) is 27.9. The maximum Gasteiger partial charge on any atom is 0.407 e. The molecule has 202 valence electrons. The second kappa shape index (κ2) is 10.9. The quantitative estimate of drug-likeness (QED) is 0.589. The molecule has 2 aliphatic carbocycles. The highest BCUT2D eigenvalue weighted by Crippen LogP contribution is 2.32. The van der Waals surface area contributed by atoms with Crippen LogP contribution in [0.4, 0.5) is 4.79 Å². The van der Waals surface area contributed by atoms with Crippen molar-refractivity contribution in [2.75, 3.05) is 13.1 Å². The number of nitrogens with zero attached hydrogens (tertiary/aromatic N) is 3. The normalized spacial score (nSPS) is 25.3. The molecule has 37 heavy (non-hydrogen) atoms. The zero-order chi connectivity index (χ0) is 26.0. The Morgan fingerprint density at radius 2 is 1.59 bits per heavy atom.